The molecule has 9 heteroatoms. The highest BCUT2D eigenvalue weighted by Crippen LogP contribution is 2.24. The van der Waals surface area contributed by atoms with Gasteiger partial charge in [0, 0.05) is 58.4 Å². The summed E-state index contributed by atoms with van der Waals surface area (Å²) in [6, 6.07) is 6.60. The van der Waals surface area contributed by atoms with Crippen LogP contribution in [0.4, 0.5) is 16.4 Å². The number of anilines is 2. The largest absolute Gasteiger partial charge is 0.496 e. The zero-order valence-corrected chi connectivity index (χ0v) is 16.3. The molecule has 2 heterocycles. The van der Waals surface area contributed by atoms with E-state index in [9.17, 15) is 9.59 Å². The molecule has 0 radical (unpaired) electrons. The van der Waals surface area contributed by atoms with Gasteiger partial charge in [0.25, 0.3) is 5.91 Å². The molecule has 9 nitrogen and oxygen atoms in total. The molecule has 0 spiro atoms. The Hall–Kier alpha value is -3.36. The molecule has 0 unspecified atom stereocenters. The van der Waals surface area contributed by atoms with Crippen LogP contribution in [0, 0.1) is 0 Å². The van der Waals surface area contributed by atoms with Crippen LogP contribution in [-0.2, 0) is 0 Å². The highest BCUT2D eigenvalue weighted by molar-refractivity contribution is 5.99. The molecule has 0 atom stereocenters. The van der Waals surface area contributed by atoms with Gasteiger partial charge >= 0.3 is 6.03 Å². The maximum absolute atomic E-state index is 12.6. The number of amides is 3. The minimum atomic E-state index is -0.206. The zero-order valence-electron chi connectivity index (χ0n) is 16.3. The predicted octanol–water partition coefficient (Wildman–Crippen LogP) is 1.54. The Morgan fingerprint density at radius 2 is 1.79 bits per heavy atom. The lowest BCUT2D eigenvalue weighted by Gasteiger charge is -2.34. The molecule has 1 saturated heterocycles. The minimum absolute atomic E-state index is 0.190. The van der Waals surface area contributed by atoms with Gasteiger partial charge in [0.2, 0.25) is 5.95 Å². The van der Waals surface area contributed by atoms with E-state index in [-0.39, 0.29) is 11.9 Å². The average molecular weight is 384 g/mol. The fourth-order valence-corrected chi connectivity index (χ4v) is 2.96. The standard InChI is InChI=1S/C19H24N6O3/c1-23(2)17(26)15-13-14(5-6-16(15)28-3)22-19(27)25-11-9-24(10-12-25)18-20-7-4-8-21-18/h4-8,13H,9-12H2,1-3H3,(H,22,27). The van der Waals surface area contributed by atoms with Crippen molar-refractivity contribution >= 4 is 23.6 Å². The smallest absolute Gasteiger partial charge is 0.321 e. The van der Waals surface area contributed by atoms with Crippen molar-refractivity contribution in [1.29, 1.82) is 0 Å². The number of hydrogen-bond acceptors (Lipinski definition) is 6. The predicted molar refractivity (Wildman–Crippen MR) is 106 cm³/mol. The molecule has 3 rings (SSSR count). The van der Waals surface area contributed by atoms with E-state index in [4.69, 9.17) is 4.74 Å². The third-order valence-corrected chi connectivity index (χ3v) is 4.49. The number of aromatic nitrogens is 2. The number of nitrogens with zero attached hydrogens (tertiary/aromatic N) is 5. The number of hydrogen-bond donors (Lipinski definition) is 1. The average Bonchev–Trinajstić information content (AvgIpc) is 2.73. The number of rotatable bonds is 4. The van der Waals surface area contributed by atoms with E-state index < -0.39 is 0 Å². The van der Waals surface area contributed by atoms with Gasteiger partial charge in [-0.2, -0.15) is 0 Å². The number of carbonyl (C=O) groups excluding carboxylic acids is 2. The van der Waals surface area contributed by atoms with E-state index in [0.29, 0.717) is 49.1 Å². The maximum Gasteiger partial charge on any atom is 0.321 e. The zero-order chi connectivity index (χ0) is 20.1. The van der Waals surface area contributed by atoms with E-state index in [1.54, 1.807) is 55.7 Å². The number of ether oxygens (including phenoxy) is 1. The molecule has 0 saturated carbocycles. The van der Waals surface area contributed by atoms with E-state index in [0.717, 1.165) is 0 Å². The van der Waals surface area contributed by atoms with Gasteiger partial charge in [0.05, 0.1) is 12.7 Å². The van der Waals surface area contributed by atoms with E-state index in [2.05, 4.69) is 15.3 Å². The molecule has 1 aliphatic heterocycles. The fraction of sp³-hybridized carbons (Fsp3) is 0.368. The minimum Gasteiger partial charge on any atom is -0.496 e. The summed E-state index contributed by atoms with van der Waals surface area (Å²) in [4.78, 5) is 38.7. The molecule has 28 heavy (non-hydrogen) atoms. The first kappa shape index (κ1) is 19.4. The van der Waals surface area contributed by atoms with Gasteiger partial charge in [0.15, 0.2) is 0 Å². The fourth-order valence-electron chi connectivity index (χ4n) is 2.96. The third kappa shape index (κ3) is 4.30. The van der Waals surface area contributed by atoms with E-state index >= 15 is 0 Å². The summed E-state index contributed by atoms with van der Waals surface area (Å²) in [6.45, 7) is 2.43. The van der Waals surface area contributed by atoms with Crippen molar-refractivity contribution in [3.05, 3.63) is 42.2 Å². The lowest BCUT2D eigenvalue weighted by molar-refractivity contribution is 0.0824. The summed E-state index contributed by atoms with van der Waals surface area (Å²) in [5.74, 6) is 0.946. The molecule has 0 bridgehead atoms. The van der Waals surface area contributed by atoms with Crippen molar-refractivity contribution in [2.75, 3.05) is 57.6 Å². The number of urea groups is 1. The summed E-state index contributed by atoms with van der Waals surface area (Å²) in [6.07, 6.45) is 3.41. The van der Waals surface area contributed by atoms with Crippen LogP contribution in [0.5, 0.6) is 5.75 Å². The Labute approximate surface area is 163 Å². The van der Waals surface area contributed by atoms with Crippen LogP contribution in [0.2, 0.25) is 0 Å². The molecule has 1 aromatic carbocycles. The Morgan fingerprint density at radius 3 is 2.39 bits per heavy atom. The molecular formula is C19H24N6O3. The Bertz CT molecular complexity index is 835. The van der Waals surface area contributed by atoms with Crippen molar-refractivity contribution in [3.8, 4) is 5.75 Å². The van der Waals surface area contributed by atoms with Gasteiger partial charge in [-0.25, -0.2) is 14.8 Å². The SMILES string of the molecule is COc1ccc(NC(=O)N2CCN(c3ncccn3)CC2)cc1C(=O)N(C)C. The van der Waals surface area contributed by atoms with Crippen LogP contribution in [0.1, 0.15) is 10.4 Å². The molecule has 1 fully saturated rings. The van der Waals surface area contributed by atoms with Crippen molar-refractivity contribution < 1.29 is 14.3 Å². The topological polar surface area (TPSA) is 90.9 Å². The summed E-state index contributed by atoms with van der Waals surface area (Å²) in [5, 5.41) is 2.86. The van der Waals surface area contributed by atoms with Crippen LogP contribution in [0.25, 0.3) is 0 Å². The molecule has 1 N–H and O–H groups in total. The Balaban J connectivity index is 1.64. The third-order valence-electron chi connectivity index (χ3n) is 4.49. The molecule has 148 valence electrons. The van der Waals surface area contributed by atoms with Crippen LogP contribution >= 0.6 is 0 Å². The van der Waals surface area contributed by atoms with Gasteiger partial charge < -0.3 is 24.8 Å². The number of benzene rings is 1. The Kier molecular flexibility index (Phi) is 5.93. The first-order chi connectivity index (χ1) is 13.5. The summed E-state index contributed by atoms with van der Waals surface area (Å²) < 4.78 is 5.26. The maximum atomic E-state index is 12.6. The van der Waals surface area contributed by atoms with Crippen molar-refractivity contribution in [2.45, 2.75) is 0 Å². The number of nitrogens with one attached hydrogen (secondary N) is 1. The second-order valence-corrected chi connectivity index (χ2v) is 6.57. The quantitative estimate of drug-likeness (QED) is 0.860. The van der Waals surface area contributed by atoms with Gasteiger partial charge in [-0.1, -0.05) is 0 Å². The number of methoxy groups -OCH3 is 1. The number of carbonyl (C=O) groups is 2. The summed E-state index contributed by atoms with van der Waals surface area (Å²) >= 11 is 0. The van der Waals surface area contributed by atoms with Gasteiger partial charge in [0.1, 0.15) is 5.75 Å². The van der Waals surface area contributed by atoms with Gasteiger partial charge in [-0.3, -0.25) is 4.79 Å². The molecule has 3 amide bonds. The van der Waals surface area contributed by atoms with Gasteiger partial charge in [-0.05, 0) is 24.3 Å². The molecule has 0 aliphatic carbocycles. The molecule has 1 aromatic heterocycles. The Morgan fingerprint density at radius 1 is 1.11 bits per heavy atom. The highest BCUT2D eigenvalue weighted by atomic mass is 16.5. The lowest BCUT2D eigenvalue weighted by Crippen LogP contribution is -2.50. The van der Waals surface area contributed by atoms with Gasteiger partial charge in [-0.15, -0.1) is 0 Å². The summed E-state index contributed by atoms with van der Waals surface area (Å²) in [7, 11) is 4.85. The first-order valence-electron chi connectivity index (χ1n) is 8.97. The lowest BCUT2D eigenvalue weighted by atomic mass is 10.1. The van der Waals surface area contributed by atoms with Crippen LogP contribution in [0.3, 0.4) is 0 Å². The van der Waals surface area contributed by atoms with Crippen LogP contribution in [-0.4, -0.2) is 79.1 Å². The second kappa shape index (κ2) is 8.55. The van der Waals surface area contributed by atoms with Crippen LogP contribution < -0.4 is 15.0 Å². The first-order valence-corrected chi connectivity index (χ1v) is 8.97. The second-order valence-electron chi connectivity index (χ2n) is 6.57. The van der Waals surface area contributed by atoms with Crippen LogP contribution in [0.15, 0.2) is 36.7 Å². The number of piperazine rings is 1. The molecule has 1 aliphatic rings. The van der Waals surface area contributed by atoms with Crippen molar-refractivity contribution in [1.82, 2.24) is 19.8 Å². The highest BCUT2D eigenvalue weighted by Gasteiger charge is 2.23. The van der Waals surface area contributed by atoms with E-state index in [1.165, 1.54) is 12.0 Å². The monoisotopic (exact) mass is 384 g/mol. The van der Waals surface area contributed by atoms with E-state index in [1.807, 2.05) is 4.90 Å². The summed E-state index contributed by atoms with van der Waals surface area (Å²) in [5.41, 5.74) is 0.946. The van der Waals surface area contributed by atoms with Crippen molar-refractivity contribution in [2.24, 2.45) is 0 Å². The van der Waals surface area contributed by atoms with Crippen molar-refractivity contribution in [3.63, 3.8) is 0 Å². The molecular weight excluding hydrogens is 360 g/mol. The normalized spacial score (nSPS) is 13.8. The molecule has 2 aromatic rings.